The standard InChI is InChI=1S/C19H26N4O2/c1-12-21-16-6-5-9-20-17(16)22(12)15-10-13-7-8-14(11-15)23(13)18(24)25-19(2,3)4/h5-6,9,13-15H,7-8,10-11H2,1-4H3/t13-,14+,15?. The number of imidazole rings is 1. The Kier molecular flexibility index (Phi) is 3.74. The lowest BCUT2D eigenvalue weighted by Gasteiger charge is -2.40. The van der Waals surface area contributed by atoms with Gasteiger partial charge in [-0.3, -0.25) is 0 Å². The summed E-state index contributed by atoms with van der Waals surface area (Å²) in [6.07, 6.45) is 5.66. The maximum Gasteiger partial charge on any atom is 0.410 e. The molecule has 0 aliphatic carbocycles. The van der Waals surface area contributed by atoms with E-state index in [4.69, 9.17) is 4.74 Å². The second-order valence-corrected chi connectivity index (χ2v) is 8.27. The van der Waals surface area contributed by atoms with Crippen LogP contribution < -0.4 is 0 Å². The maximum absolute atomic E-state index is 12.6. The Morgan fingerprint density at radius 3 is 2.52 bits per heavy atom. The highest BCUT2D eigenvalue weighted by Gasteiger charge is 2.45. The zero-order valence-corrected chi connectivity index (χ0v) is 15.4. The van der Waals surface area contributed by atoms with Crippen molar-refractivity contribution in [2.75, 3.05) is 0 Å². The number of hydrogen-bond acceptors (Lipinski definition) is 4. The molecule has 2 aromatic heterocycles. The summed E-state index contributed by atoms with van der Waals surface area (Å²) in [5.41, 5.74) is 1.45. The molecule has 0 spiro atoms. The lowest BCUT2D eigenvalue weighted by Crippen LogP contribution is -2.48. The van der Waals surface area contributed by atoms with Crippen molar-refractivity contribution >= 4 is 17.3 Å². The van der Waals surface area contributed by atoms with Crippen molar-refractivity contribution in [1.82, 2.24) is 19.4 Å². The molecule has 25 heavy (non-hydrogen) atoms. The smallest absolute Gasteiger partial charge is 0.410 e. The Morgan fingerprint density at radius 1 is 1.20 bits per heavy atom. The van der Waals surface area contributed by atoms with E-state index in [1.54, 1.807) is 0 Å². The summed E-state index contributed by atoms with van der Waals surface area (Å²) in [4.78, 5) is 23.8. The van der Waals surface area contributed by atoms with Crippen LogP contribution in [0, 0.1) is 6.92 Å². The average molecular weight is 342 g/mol. The van der Waals surface area contributed by atoms with Gasteiger partial charge in [-0.15, -0.1) is 0 Å². The number of nitrogens with zero attached hydrogens (tertiary/aromatic N) is 4. The molecule has 4 heterocycles. The van der Waals surface area contributed by atoms with E-state index >= 15 is 0 Å². The third-order valence-electron chi connectivity index (χ3n) is 5.30. The zero-order chi connectivity index (χ0) is 17.8. The topological polar surface area (TPSA) is 60.2 Å². The third kappa shape index (κ3) is 2.87. The van der Waals surface area contributed by atoms with Crippen molar-refractivity contribution in [2.24, 2.45) is 0 Å². The Morgan fingerprint density at radius 2 is 1.88 bits per heavy atom. The van der Waals surface area contributed by atoms with Crippen molar-refractivity contribution in [1.29, 1.82) is 0 Å². The molecule has 0 aromatic carbocycles. The molecule has 2 saturated heterocycles. The minimum atomic E-state index is -0.450. The van der Waals surface area contributed by atoms with Crippen molar-refractivity contribution < 1.29 is 9.53 Å². The quantitative estimate of drug-likeness (QED) is 0.790. The molecule has 2 aliphatic heterocycles. The molecule has 1 unspecified atom stereocenters. The number of fused-ring (bicyclic) bond motifs is 3. The van der Waals surface area contributed by atoms with Gasteiger partial charge >= 0.3 is 6.09 Å². The van der Waals surface area contributed by atoms with E-state index in [2.05, 4.69) is 14.5 Å². The molecular weight excluding hydrogens is 316 g/mol. The van der Waals surface area contributed by atoms with Crippen LogP contribution in [0.15, 0.2) is 18.3 Å². The third-order valence-corrected chi connectivity index (χ3v) is 5.30. The molecule has 3 atom stereocenters. The molecule has 6 nitrogen and oxygen atoms in total. The van der Waals surface area contributed by atoms with Crippen LogP contribution in [0.5, 0.6) is 0 Å². The molecule has 4 rings (SSSR count). The molecule has 2 aromatic rings. The van der Waals surface area contributed by atoms with E-state index in [1.165, 1.54) is 0 Å². The van der Waals surface area contributed by atoms with Crippen LogP contribution in [0.25, 0.3) is 11.2 Å². The average Bonchev–Trinajstić information content (AvgIpc) is 2.99. The van der Waals surface area contributed by atoms with Crippen LogP contribution in [-0.4, -0.2) is 43.2 Å². The summed E-state index contributed by atoms with van der Waals surface area (Å²) >= 11 is 0. The van der Waals surface area contributed by atoms with Crippen molar-refractivity contribution in [2.45, 2.75) is 77.1 Å². The minimum absolute atomic E-state index is 0.163. The van der Waals surface area contributed by atoms with Gasteiger partial charge in [0, 0.05) is 24.3 Å². The first-order valence-electron chi connectivity index (χ1n) is 9.14. The zero-order valence-electron chi connectivity index (χ0n) is 15.4. The van der Waals surface area contributed by atoms with E-state index < -0.39 is 5.60 Å². The molecule has 134 valence electrons. The molecule has 6 heteroatoms. The number of pyridine rings is 1. The largest absolute Gasteiger partial charge is 0.444 e. The van der Waals surface area contributed by atoms with E-state index in [0.29, 0.717) is 6.04 Å². The number of hydrogen-bond donors (Lipinski definition) is 0. The van der Waals surface area contributed by atoms with Gasteiger partial charge in [0.15, 0.2) is 5.65 Å². The molecule has 0 saturated carbocycles. The van der Waals surface area contributed by atoms with E-state index in [1.807, 2.05) is 50.9 Å². The summed E-state index contributed by atoms with van der Waals surface area (Å²) in [6.45, 7) is 7.81. The number of amides is 1. The van der Waals surface area contributed by atoms with Crippen molar-refractivity contribution in [3.63, 3.8) is 0 Å². The number of aryl methyl sites for hydroxylation is 1. The predicted octanol–water partition coefficient (Wildman–Crippen LogP) is 3.84. The summed E-state index contributed by atoms with van der Waals surface area (Å²) in [7, 11) is 0. The fraction of sp³-hybridized carbons (Fsp3) is 0.632. The predicted molar refractivity (Wildman–Crippen MR) is 95.4 cm³/mol. The fourth-order valence-corrected chi connectivity index (χ4v) is 4.45. The maximum atomic E-state index is 12.6. The number of piperidine rings is 1. The van der Waals surface area contributed by atoms with E-state index in [-0.39, 0.29) is 18.2 Å². The highest BCUT2D eigenvalue weighted by atomic mass is 16.6. The summed E-state index contributed by atoms with van der Waals surface area (Å²) < 4.78 is 7.90. The van der Waals surface area contributed by atoms with Gasteiger partial charge in [0.25, 0.3) is 0 Å². The van der Waals surface area contributed by atoms with Gasteiger partial charge in [-0.25, -0.2) is 14.8 Å². The molecule has 2 bridgehead atoms. The van der Waals surface area contributed by atoms with Crippen LogP contribution in [-0.2, 0) is 4.74 Å². The Hall–Kier alpha value is -2.11. The van der Waals surface area contributed by atoms with Gasteiger partial charge in [-0.2, -0.15) is 0 Å². The van der Waals surface area contributed by atoms with Crippen LogP contribution in [0.1, 0.15) is 58.3 Å². The monoisotopic (exact) mass is 342 g/mol. The van der Waals surface area contributed by atoms with E-state index in [9.17, 15) is 4.79 Å². The number of carbonyl (C=O) groups excluding carboxylic acids is 1. The Labute approximate surface area is 148 Å². The number of aromatic nitrogens is 3. The molecule has 1 amide bonds. The van der Waals surface area contributed by atoms with Crippen molar-refractivity contribution in [3.8, 4) is 0 Å². The van der Waals surface area contributed by atoms with Crippen LogP contribution in [0.3, 0.4) is 0 Å². The second-order valence-electron chi connectivity index (χ2n) is 8.27. The first kappa shape index (κ1) is 16.4. The summed E-state index contributed by atoms with van der Waals surface area (Å²) in [5, 5.41) is 0. The lowest BCUT2D eigenvalue weighted by atomic mass is 9.97. The SMILES string of the molecule is Cc1nc2cccnc2n1C1C[C@H]2CC[C@@H](C1)N2C(=O)OC(C)(C)C. The second kappa shape index (κ2) is 5.71. The number of rotatable bonds is 1. The van der Waals surface area contributed by atoms with Gasteiger partial charge in [-0.05, 0) is 65.5 Å². The van der Waals surface area contributed by atoms with Crippen LogP contribution in [0.4, 0.5) is 4.79 Å². The van der Waals surface area contributed by atoms with E-state index in [0.717, 1.165) is 42.7 Å². The Bertz CT molecular complexity index is 793. The van der Waals surface area contributed by atoms with Crippen LogP contribution in [0.2, 0.25) is 0 Å². The van der Waals surface area contributed by atoms with Gasteiger partial charge in [-0.1, -0.05) is 0 Å². The van der Waals surface area contributed by atoms with Crippen molar-refractivity contribution in [3.05, 3.63) is 24.2 Å². The first-order chi connectivity index (χ1) is 11.8. The van der Waals surface area contributed by atoms with Crippen LogP contribution >= 0.6 is 0 Å². The Balaban J connectivity index is 1.59. The number of carbonyl (C=O) groups is 1. The molecule has 2 aliphatic rings. The van der Waals surface area contributed by atoms with Gasteiger partial charge in [0.05, 0.1) is 0 Å². The van der Waals surface area contributed by atoms with Gasteiger partial charge < -0.3 is 14.2 Å². The molecule has 2 fully saturated rings. The summed E-state index contributed by atoms with van der Waals surface area (Å²) in [5.74, 6) is 1.00. The van der Waals surface area contributed by atoms with Gasteiger partial charge in [0.2, 0.25) is 0 Å². The highest BCUT2D eigenvalue weighted by molar-refractivity contribution is 5.72. The first-order valence-corrected chi connectivity index (χ1v) is 9.14. The normalized spacial score (nSPS) is 26.2. The number of ether oxygens (including phenoxy) is 1. The summed E-state index contributed by atoms with van der Waals surface area (Å²) in [6, 6.07) is 4.78. The fourth-order valence-electron chi connectivity index (χ4n) is 4.45. The lowest BCUT2D eigenvalue weighted by molar-refractivity contribution is 0.00305. The molecule has 0 N–H and O–H groups in total. The molecular formula is C19H26N4O2. The minimum Gasteiger partial charge on any atom is -0.444 e. The highest BCUT2D eigenvalue weighted by Crippen LogP contribution is 2.42. The molecule has 0 radical (unpaired) electrons. The van der Waals surface area contributed by atoms with Gasteiger partial charge in [0.1, 0.15) is 16.9 Å².